The van der Waals surface area contributed by atoms with Crippen LogP contribution in [0.5, 0.6) is 0 Å². The van der Waals surface area contributed by atoms with Gasteiger partial charge < -0.3 is 4.90 Å². The van der Waals surface area contributed by atoms with E-state index in [-0.39, 0.29) is 0 Å². The predicted octanol–water partition coefficient (Wildman–Crippen LogP) is 5.44. The minimum absolute atomic E-state index is 0.806. The van der Waals surface area contributed by atoms with Gasteiger partial charge in [-0.05, 0) is 49.2 Å². The first-order valence-corrected chi connectivity index (χ1v) is 7.53. The molecule has 0 aliphatic rings. The summed E-state index contributed by atoms with van der Waals surface area (Å²) in [5.41, 5.74) is 3.66. The summed E-state index contributed by atoms with van der Waals surface area (Å²) in [4.78, 5) is 2.32. The maximum atomic E-state index is 6.29. The van der Waals surface area contributed by atoms with Gasteiger partial charge in [0.25, 0.3) is 0 Å². The van der Waals surface area contributed by atoms with Crippen LogP contribution in [0.2, 0.25) is 5.02 Å². The number of halogens is 2. The molecule has 0 aliphatic heterocycles. The highest BCUT2D eigenvalue weighted by molar-refractivity contribution is 9.10. The Morgan fingerprint density at radius 3 is 2.58 bits per heavy atom. The molecule has 0 heterocycles. The standard InChI is InChI=1S/C16H17BrClN/c1-3-19(15-6-4-5-12(2)9-15)11-13-7-8-14(17)10-16(13)18/h4-10H,3,11H2,1-2H3. The van der Waals surface area contributed by atoms with Crippen LogP contribution in [0.25, 0.3) is 0 Å². The minimum atomic E-state index is 0.806. The summed E-state index contributed by atoms with van der Waals surface area (Å²) in [7, 11) is 0. The van der Waals surface area contributed by atoms with Crippen LogP contribution in [0, 0.1) is 6.92 Å². The number of hydrogen-bond acceptors (Lipinski definition) is 1. The molecule has 1 nitrogen and oxygen atoms in total. The second-order valence-electron chi connectivity index (χ2n) is 4.59. The lowest BCUT2D eigenvalue weighted by Crippen LogP contribution is -2.22. The molecule has 2 rings (SSSR count). The molecule has 2 aromatic carbocycles. The summed E-state index contributed by atoms with van der Waals surface area (Å²) in [5.74, 6) is 0. The lowest BCUT2D eigenvalue weighted by molar-refractivity contribution is 0.831. The first kappa shape index (κ1) is 14.4. The maximum Gasteiger partial charge on any atom is 0.0467 e. The molecular formula is C16H17BrClN. The summed E-state index contributed by atoms with van der Waals surface area (Å²) < 4.78 is 1.01. The van der Waals surface area contributed by atoms with E-state index in [4.69, 9.17) is 11.6 Å². The van der Waals surface area contributed by atoms with Gasteiger partial charge in [0.15, 0.2) is 0 Å². The average Bonchev–Trinajstić information content (AvgIpc) is 2.38. The third-order valence-corrected chi connectivity index (χ3v) is 3.97. The van der Waals surface area contributed by atoms with Gasteiger partial charge in [-0.25, -0.2) is 0 Å². The summed E-state index contributed by atoms with van der Waals surface area (Å²) in [5, 5.41) is 0.806. The van der Waals surface area contributed by atoms with E-state index in [1.807, 2.05) is 12.1 Å². The Morgan fingerprint density at radius 2 is 1.95 bits per heavy atom. The van der Waals surface area contributed by atoms with Crippen molar-refractivity contribution < 1.29 is 0 Å². The zero-order chi connectivity index (χ0) is 13.8. The van der Waals surface area contributed by atoms with Crippen molar-refractivity contribution in [3.8, 4) is 0 Å². The second-order valence-corrected chi connectivity index (χ2v) is 5.91. The molecular weight excluding hydrogens is 322 g/mol. The van der Waals surface area contributed by atoms with Crippen molar-refractivity contribution in [3.05, 3.63) is 63.1 Å². The zero-order valence-electron chi connectivity index (χ0n) is 11.2. The SMILES string of the molecule is CCN(Cc1ccc(Br)cc1Cl)c1cccc(C)c1. The summed E-state index contributed by atoms with van der Waals surface area (Å²) >= 11 is 9.73. The van der Waals surface area contributed by atoms with Gasteiger partial charge in [-0.2, -0.15) is 0 Å². The quantitative estimate of drug-likeness (QED) is 0.717. The number of anilines is 1. The van der Waals surface area contributed by atoms with E-state index in [2.05, 4.69) is 65.0 Å². The van der Waals surface area contributed by atoms with E-state index in [9.17, 15) is 0 Å². The molecule has 0 amide bonds. The number of hydrogen-bond donors (Lipinski definition) is 0. The topological polar surface area (TPSA) is 3.24 Å². The van der Waals surface area contributed by atoms with E-state index < -0.39 is 0 Å². The summed E-state index contributed by atoms with van der Waals surface area (Å²) in [6.07, 6.45) is 0. The number of nitrogens with zero attached hydrogens (tertiary/aromatic N) is 1. The van der Waals surface area contributed by atoms with Crippen molar-refractivity contribution in [1.82, 2.24) is 0 Å². The van der Waals surface area contributed by atoms with Gasteiger partial charge in [-0.3, -0.25) is 0 Å². The third-order valence-electron chi connectivity index (χ3n) is 3.12. The fourth-order valence-electron chi connectivity index (χ4n) is 2.07. The first-order valence-electron chi connectivity index (χ1n) is 6.35. The Labute approximate surface area is 128 Å². The minimum Gasteiger partial charge on any atom is -0.367 e. The van der Waals surface area contributed by atoms with Gasteiger partial charge in [0.1, 0.15) is 0 Å². The van der Waals surface area contributed by atoms with Crippen LogP contribution < -0.4 is 4.90 Å². The Kier molecular flexibility index (Phi) is 4.89. The Bertz CT molecular complexity index is 568. The normalized spacial score (nSPS) is 10.5. The van der Waals surface area contributed by atoms with Crippen LogP contribution in [0.3, 0.4) is 0 Å². The third kappa shape index (κ3) is 3.74. The molecule has 0 N–H and O–H groups in total. The Balaban J connectivity index is 2.24. The first-order chi connectivity index (χ1) is 9.10. The summed E-state index contributed by atoms with van der Waals surface area (Å²) in [6.45, 7) is 6.06. The van der Waals surface area contributed by atoms with Crippen molar-refractivity contribution in [2.75, 3.05) is 11.4 Å². The monoisotopic (exact) mass is 337 g/mol. The molecule has 0 bridgehead atoms. The lowest BCUT2D eigenvalue weighted by Gasteiger charge is -2.24. The molecule has 19 heavy (non-hydrogen) atoms. The average molecular weight is 339 g/mol. The zero-order valence-corrected chi connectivity index (χ0v) is 13.5. The molecule has 2 aromatic rings. The Morgan fingerprint density at radius 1 is 1.16 bits per heavy atom. The molecule has 100 valence electrons. The van der Waals surface area contributed by atoms with Crippen molar-refractivity contribution in [2.45, 2.75) is 20.4 Å². The molecule has 0 saturated carbocycles. The largest absolute Gasteiger partial charge is 0.367 e. The van der Waals surface area contributed by atoms with E-state index in [1.165, 1.54) is 11.3 Å². The highest BCUT2D eigenvalue weighted by Crippen LogP contribution is 2.25. The van der Waals surface area contributed by atoms with Gasteiger partial charge in [-0.1, -0.05) is 45.7 Å². The van der Waals surface area contributed by atoms with E-state index >= 15 is 0 Å². The van der Waals surface area contributed by atoms with Crippen LogP contribution in [0.1, 0.15) is 18.1 Å². The number of aryl methyl sites for hydroxylation is 1. The molecule has 0 saturated heterocycles. The highest BCUT2D eigenvalue weighted by Gasteiger charge is 2.08. The molecule has 0 aromatic heterocycles. The fourth-order valence-corrected chi connectivity index (χ4v) is 2.80. The van der Waals surface area contributed by atoms with Crippen LogP contribution in [-0.2, 0) is 6.54 Å². The second kappa shape index (κ2) is 6.44. The fraction of sp³-hybridized carbons (Fsp3) is 0.250. The molecule has 0 atom stereocenters. The Hall–Kier alpha value is -0.990. The lowest BCUT2D eigenvalue weighted by atomic mass is 10.1. The van der Waals surface area contributed by atoms with Gasteiger partial charge >= 0.3 is 0 Å². The predicted molar refractivity (Wildman–Crippen MR) is 87.1 cm³/mol. The van der Waals surface area contributed by atoms with E-state index in [0.717, 1.165) is 28.1 Å². The van der Waals surface area contributed by atoms with Gasteiger partial charge in [0, 0.05) is 28.3 Å². The van der Waals surface area contributed by atoms with Gasteiger partial charge in [0.2, 0.25) is 0 Å². The van der Waals surface area contributed by atoms with Crippen LogP contribution in [0.15, 0.2) is 46.9 Å². The van der Waals surface area contributed by atoms with Gasteiger partial charge in [0.05, 0.1) is 0 Å². The van der Waals surface area contributed by atoms with Crippen molar-refractivity contribution in [1.29, 1.82) is 0 Å². The van der Waals surface area contributed by atoms with Crippen molar-refractivity contribution >= 4 is 33.2 Å². The molecule has 0 spiro atoms. The van der Waals surface area contributed by atoms with Crippen molar-refractivity contribution in [3.63, 3.8) is 0 Å². The molecule has 0 radical (unpaired) electrons. The van der Waals surface area contributed by atoms with E-state index in [1.54, 1.807) is 0 Å². The maximum absolute atomic E-state index is 6.29. The van der Waals surface area contributed by atoms with E-state index in [0.29, 0.717) is 0 Å². The smallest absolute Gasteiger partial charge is 0.0467 e. The van der Waals surface area contributed by atoms with Crippen LogP contribution in [0.4, 0.5) is 5.69 Å². The molecule has 0 unspecified atom stereocenters. The van der Waals surface area contributed by atoms with Gasteiger partial charge in [-0.15, -0.1) is 0 Å². The molecule has 0 fully saturated rings. The highest BCUT2D eigenvalue weighted by atomic mass is 79.9. The van der Waals surface area contributed by atoms with Crippen LogP contribution in [-0.4, -0.2) is 6.54 Å². The van der Waals surface area contributed by atoms with Crippen LogP contribution >= 0.6 is 27.5 Å². The summed E-state index contributed by atoms with van der Waals surface area (Å²) in [6, 6.07) is 14.6. The number of rotatable bonds is 4. The number of benzene rings is 2. The van der Waals surface area contributed by atoms with Crippen molar-refractivity contribution in [2.24, 2.45) is 0 Å². The molecule has 0 aliphatic carbocycles. The molecule has 3 heteroatoms.